The molecule has 0 aromatic heterocycles. The first kappa shape index (κ1) is 26.1. The summed E-state index contributed by atoms with van der Waals surface area (Å²) in [5.74, 6) is 1.27. The van der Waals surface area contributed by atoms with E-state index < -0.39 is 10.0 Å². The van der Waals surface area contributed by atoms with Crippen LogP contribution in [0.5, 0.6) is 0 Å². The van der Waals surface area contributed by atoms with Gasteiger partial charge in [0.05, 0.1) is 4.90 Å². The van der Waals surface area contributed by atoms with E-state index in [-0.39, 0.29) is 24.0 Å². The number of guanidine groups is 1. The zero-order chi connectivity index (χ0) is 20.4. The number of hydrogen-bond acceptors (Lipinski definition) is 4. The fourth-order valence-electron chi connectivity index (χ4n) is 2.96. The standard InChI is InChI=1S/C20H34N4O3S.HI/c1-17(2)16-27-14-6-11-22-20(21-3)23-15-18-7-9-19(10-8-18)28(25,26)24-12-4-5-13-24;/h7-10,17H,4-6,11-16H2,1-3H3,(H2,21,22,23);1H. The Kier molecular flexibility index (Phi) is 12.1. The molecule has 1 saturated heterocycles. The Morgan fingerprint density at radius 2 is 1.83 bits per heavy atom. The number of nitrogens with one attached hydrogen (secondary N) is 2. The van der Waals surface area contributed by atoms with Crippen molar-refractivity contribution in [2.45, 2.75) is 44.6 Å². The van der Waals surface area contributed by atoms with Gasteiger partial charge in [0.1, 0.15) is 0 Å². The van der Waals surface area contributed by atoms with E-state index in [1.807, 2.05) is 12.1 Å². The molecule has 1 aromatic carbocycles. The molecule has 2 N–H and O–H groups in total. The summed E-state index contributed by atoms with van der Waals surface area (Å²) in [6.07, 6.45) is 2.80. The maximum absolute atomic E-state index is 12.6. The Morgan fingerprint density at radius 3 is 2.41 bits per heavy atom. The summed E-state index contributed by atoms with van der Waals surface area (Å²) < 4.78 is 32.2. The van der Waals surface area contributed by atoms with E-state index in [1.165, 1.54) is 0 Å². The second kappa shape index (κ2) is 13.4. The van der Waals surface area contributed by atoms with Gasteiger partial charge < -0.3 is 15.4 Å². The van der Waals surface area contributed by atoms with Crippen molar-refractivity contribution >= 4 is 40.0 Å². The highest BCUT2D eigenvalue weighted by atomic mass is 127. The number of nitrogens with zero attached hydrogens (tertiary/aromatic N) is 2. The SMILES string of the molecule is CN=C(NCCCOCC(C)C)NCc1ccc(S(=O)(=O)N2CCCC2)cc1.I. The van der Waals surface area contributed by atoms with Crippen LogP contribution in [0, 0.1) is 5.92 Å². The van der Waals surface area contributed by atoms with Gasteiger partial charge in [0.15, 0.2) is 5.96 Å². The van der Waals surface area contributed by atoms with Gasteiger partial charge in [0, 0.05) is 46.4 Å². The maximum Gasteiger partial charge on any atom is 0.243 e. The van der Waals surface area contributed by atoms with Crippen LogP contribution in [0.25, 0.3) is 0 Å². The largest absolute Gasteiger partial charge is 0.381 e. The van der Waals surface area contributed by atoms with Crippen molar-refractivity contribution < 1.29 is 13.2 Å². The summed E-state index contributed by atoms with van der Waals surface area (Å²) in [6.45, 7) is 8.40. The Labute approximate surface area is 192 Å². The molecule has 1 aliphatic heterocycles. The number of sulfonamides is 1. The van der Waals surface area contributed by atoms with E-state index in [4.69, 9.17) is 4.74 Å². The van der Waals surface area contributed by atoms with Crippen LogP contribution in [0.4, 0.5) is 0 Å². The highest BCUT2D eigenvalue weighted by molar-refractivity contribution is 14.0. The molecular weight excluding hydrogens is 503 g/mol. The van der Waals surface area contributed by atoms with E-state index >= 15 is 0 Å². The molecule has 1 aromatic rings. The molecule has 0 bridgehead atoms. The highest BCUT2D eigenvalue weighted by Gasteiger charge is 2.26. The average Bonchev–Trinajstić information content (AvgIpc) is 3.22. The number of hydrogen-bond donors (Lipinski definition) is 2. The highest BCUT2D eigenvalue weighted by Crippen LogP contribution is 2.21. The molecule has 0 aliphatic carbocycles. The number of ether oxygens (including phenoxy) is 1. The van der Waals surface area contributed by atoms with Gasteiger partial charge in [-0.3, -0.25) is 4.99 Å². The van der Waals surface area contributed by atoms with Crippen LogP contribution in [-0.2, 0) is 21.3 Å². The summed E-state index contributed by atoms with van der Waals surface area (Å²) in [5.41, 5.74) is 1.00. The van der Waals surface area contributed by atoms with Crippen LogP contribution >= 0.6 is 24.0 Å². The molecule has 166 valence electrons. The predicted octanol–water partition coefficient (Wildman–Crippen LogP) is 2.82. The smallest absolute Gasteiger partial charge is 0.243 e. The number of rotatable bonds is 10. The lowest BCUT2D eigenvalue weighted by molar-refractivity contribution is 0.108. The lowest BCUT2D eigenvalue weighted by atomic mass is 10.2. The van der Waals surface area contributed by atoms with E-state index in [9.17, 15) is 8.42 Å². The molecule has 0 radical (unpaired) electrons. The van der Waals surface area contributed by atoms with Crippen molar-refractivity contribution in [3.63, 3.8) is 0 Å². The minimum Gasteiger partial charge on any atom is -0.381 e. The molecule has 0 unspecified atom stereocenters. The van der Waals surface area contributed by atoms with Gasteiger partial charge in [-0.15, -0.1) is 24.0 Å². The van der Waals surface area contributed by atoms with E-state index in [0.29, 0.717) is 30.4 Å². The van der Waals surface area contributed by atoms with Crippen molar-refractivity contribution in [2.75, 3.05) is 39.9 Å². The molecule has 1 fully saturated rings. The monoisotopic (exact) mass is 538 g/mol. The van der Waals surface area contributed by atoms with Crippen LogP contribution in [0.2, 0.25) is 0 Å². The quantitative estimate of drug-likeness (QED) is 0.207. The zero-order valence-electron chi connectivity index (χ0n) is 17.7. The first-order chi connectivity index (χ1) is 13.4. The molecule has 0 atom stereocenters. The molecule has 9 heteroatoms. The summed E-state index contributed by atoms with van der Waals surface area (Å²) >= 11 is 0. The number of benzene rings is 1. The summed E-state index contributed by atoms with van der Waals surface area (Å²) in [5, 5.41) is 6.50. The molecule has 0 spiro atoms. The lowest BCUT2D eigenvalue weighted by Crippen LogP contribution is -2.37. The minimum absolute atomic E-state index is 0. The number of aliphatic imine (C=N–C) groups is 1. The average molecular weight is 538 g/mol. The van der Waals surface area contributed by atoms with Gasteiger partial charge in [-0.1, -0.05) is 26.0 Å². The van der Waals surface area contributed by atoms with Crippen LogP contribution in [0.1, 0.15) is 38.7 Å². The Hall–Kier alpha value is -0.910. The van der Waals surface area contributed by atoms with Gasteiger partial charge in [-0.05, 0) is 42.9 Å². The first-order valence-electron chi connectivity index (χ1n) is 10.0. The molecule has 29 heavy (non-hydrogen) atoms. The topological polar surface area (TPSA) is 83.0 Å². The van der Waals surface area contributed by atoms with Crippen LogP contribution in [0.15, 0.2) is 34.2 Å². The Balaban J connectivity index is 0.00000420. The lowest BCUT2D eigenvalue weighted by Gasteiger charge is -2.16. The second-order valence-corrected chi connectivity index (χ2v) is 9.37. The van der Waals surface area contributed by atoms with Crippen molar-refractivity contribution in [2.24, 2.45) is 10.9 Å². The third-order valence-electron chi connectivity index (χ3n) is 4.52. The van der Waals surface area contributed by atoms with Crippen LogP contribution in [-0.4, -0.2) is 58.6 Å². The summed E-state index contributed by atoms with van der Waals surface area (Å²) in [7, 11) is -1.62. The molecule has 0 saturated carbocycles. The minimum atomic E-state index is -3.35. The van der Waals surface area contributed by atoms with Gasteiger partial charge in [0.2, 0.25) is 10.0 Å². The van der Waals surface area contributed by atoms with Gasteiger partial charge in [0.25, 0.3) is 0 Å². The van der Waals surface area contributed by atoms with Gasteiger partial charge in [-0.25, -0.2) is 8.42 Å². The zero-order valence-corrected chi connectivity index (χ0v) is 20.8. The summed E-state index contributed by atoms with van der Waals surface area (Å²) in [4.78, 5) is 4.57. The molecule has 2 rings (SSSR count). The fourth-order valence-corrected chi connectivity index (χ4v) is 4.48. The van der Waals surface area contributed by atoms with E-state index in [2.05, 4.69) is 29.5 Å². The second-order valence-electron chi connectivity index (χ2n) is 7.43. The van der Waals surface area contributed by atoms with E-state index in [1.54, 1.807) is 23.5 Å². The molecule has 7 nitrogen and oxygen atoms in total. The van der Waals surface area contributed by atoms with Crippen LogP contribution in [0.3, 0.4) is 0 Å². The normalized spacial score (nSPS) is 15.4. The molecule has 1 aliphatic rings. The van der Waals surface area contributed by atoms with Crippen molar-refractivity contribution in [3.8, 4) is 0 Å². The first-order valence-corrected chi connectivity index (χ1v) is 11.5. The maximum atomic E-state index is 12.6. The Bertz CT molecular complexity index is 718. The Morgan fingerprint density at radius 1 is 1.17 bits per heavy atom. The molecular formula is C20H35IN4O3S. The van der Waals surface area contributed by atoms with E-state index in [0.717, 1.165) is 50.5 Å². The van der Waals surface area contributed by atoms with Gasteiger partial charge >= 0.3 is 0 Å². The fraction of sp³-hybridized carbons (Fsp3) is 0.650. The van der Waals surface area contributed by atoms with Crippen LogP contribution < -0.4 is 10.6 Å². The predicted molar refractivity (Wildman–Crippen MR) is 128 cm³/mol. The van der Waals surface area contributed by atoms with Gasteiger partial charge in [-0.2, -0.15) is 4.31 Å². The van der Waals surface area contributed by atoms with Crippen molar-refractivity contribution in [1.29, 1.82) is 0 Å². The number of halogens is 1. The summed E-state index contributed by atoms with van der Waals surface area (Å²) in [6, 6.07) is 7.08. The third-order valence-corrected chi connectivity index (χ3v) is 6.43. The molecule has 0 amide bonds. The van der Waals surface area contributed by atoms with Crippen molar-refractivity contribution in [3.05, 3.63) is 29.8 Å². The third kappa shape index (κ3) is 8.77. The molecule has 1 heterocycles. The van der Waals surface area contributed by atoms with Crippen molar-refractivity contribution in [1.82, 2.24) is 14.9 Å².